The summed E-state index contributed by atoms with van der Waals surface area (Å²) < 4.78 is 0. The molecule has 0 saturated carbocycles. The van der Waals surface area contributed by atoms with Crippen LogP contribution in [-0.2, 0) is 9.59 Å². The number of rotatable bonds is 6. The molecule has 6 heteroatoms. The number of nitrogens with zero attached hydrogens (tertiary/aromatic N) is 2. The van der Waals surface area contributed by atoms with Gasteiger partial charge in [0.25, 0.3) is 0 Å². The van der Waals surface area contributed by atoms with Crippen LogP contribution < -0.4 is 5.32 Å². The fourth-order valence-corrected chi connectivity index (χ4v) is 3.41. The molecular formula is C17H25N3O2S. The van der Waals surface area contributed by atoms with Crippen LogP contribution in [0, 0.1) is 6.92 Å². The van der Waals surface area contributed by atoms with Gasteiger partial charge in [0.2, 0.25) is 11.8 Å². The molecule has 1 saturated heterocycles. The molecule has 2 rings (SSSR count). The van der Waals surface area contributed by atoms with Crippen LogP contribution in [0.3, 0.4) is 0 Å². The molecule has 0 atom stereocenters. The lowest BCUT2D eigenvalue weighted by molar-refractivity contribution is -0.130. The zero-order valence-corrected chi connectivity index (χ0v) is 14.7. The van der Waals surface area contributed by atoms with E-state index in [0.29, 0.717) is 12.3 Å². The van der Waals surface area contributed by atoms with Crippen LogP contribution in [0.1, 0.15) is 12.5 Å². The van der Waals surface area contributed by atoms with Gasteiger partial charge in [-0.25, -0.2) is 0 Å². The first-order chi connectivity index (χ1) is 11.1. The van der Waals surface area contributed by atoms with Crippen LogP contribution >= 0.6 is 11.8 Å². The number of carbonyl (C=O) groups excluding carboxylic acids is 2. The third kappa shape index (κ3) is 5.88. The highest BCUT2D eigenvalue weighted by atomic mass is 32.2. The molecule has 1 aliphatic heterocycles. The SMILES string of the molecule is CC(=O)N1CCN(CCNC(=O)CSc2ccccc2C)CC1. The standard InChI is InChI=1S/C17H25N3O2S/c1-14-5-3-4-6-16(14)23-13-17(22)18-7-8-19-9-11-20(12-10-19)15(2)21/h3-6H,7-13H2,1-2H3,(H,18,22). The Kier molecular flexibility index (Phi) is 6.92. The van der Waals surface area contributed by atoms with Gasteiger partial charge in [-0.2, -0.15) is 0 Å². The molecule has 0 spiro atoms. The van der Waals surface area contributed by atoms with E-state index in [9.17, 15) is 9.59 Å². The number of nitrogens with one attached hydrogen (secondary N) is 1. The molecule has 126 valence electrons. The molecule has 0 radical (unpaired) electrons. The summed E-state index contributed by atoms with van der Waals surface area (Å²) in [4.78, 5) is 28.5. The second kappa shape index (κ2) is 8.93. The second-order valence-corrected chi connectivity index (χ2v) is 6.77. The Balaban J connectivity index is 1.60. The fraction of sp³-hybridized carbons (Fsp3) is 0.529. The molecule has 23 heavy (non-hydrogen) atoms. The maximum absolute atomic E-state index is 11.9. The van der Waals surface area contributed by atoms with E-state index in [4.69, 9.17) is 0 Å². The van der Waals surface area contributed by atoms with E-state index >= 15 is 0 Å². The first-order valence-corrected chi connectivity index (χ1v) is 8.98. The summed E-state index contributed by atoms with van der Waals surface area (Å²) in [6.45, 7) is 8.50. The molecule has 1 aromatic carbocycles. The van der Waals surface area contributed by atoms with Gasteiger partial charge in [0.05, 0.1) is 5.75 Å². The predicted molar refractivity (Wildman–Crippen MR) is 93.6 cm³/mol. The average Bonchev–Trinajstić information content (AvgIpc) is 2.54. The van der Waals surface area contributed by atoms with Crippen LogP contribution in [0.5, 0.6) is 0 Å². The van der Waals surface area contributed by atoms with Gasteiger partial charge in [-0.15, -0.1) is 11.8 Å². The molecule has 1 fully saturated rings. The second-order valence-electron chi connectivity index (χ2n) is 5.75. The summed E-state index contributed by atoms with van der Waals surface area (Å²) in [6.07, 6.45) is 0. The average molecular weight is 335 g/mol. The number of amides is 2. The molecule has 0 aliphatic carbocycles. The lowest BCUT2D eigenvalue weighted by atomic mass is 10.2. The topological polar surface area (TPSA) is 52.7 Å². The zero-order chi connectivity index (χ0) is 16.7. The Hall–Kier alpha value is -1.53. The zero-order valence-electron chi connectivity index (χ0n) is 13.9. The molecule has 0 aromatic heterocycles. The summed E-state index contributed by atoms with van der Waals surface area (Å²) in [5.74, 6) is 0.662. The Morgan fingerprint density at radius 3 is 2.52 bits per heavy atom. The normalized spacial score (nSPS) is 15.5. The minimum absolute atomic E-state index is 0.0700. The molecule has 0 bridgehead atoms. The summed E-state index contributed by atoms with van der Waals surface area (Å²) in [5.41, 5.74) is 1.20. The Morgan fingerprint density at radius 1 is 1.17 bits per heavy atom. The van der Waals surface area contributed by atoms with Gasteiger partial charge in [0.15, 0.2) is 0 Å². The first kappa shape index (κ1) is 17.8. The number of benzene rings is 1. The van der Waals surface area contributed by atoms with Crippen LogP contribution in [0.2, 0.25) is 0 Å². The number of aryl methyl sites for hydroxylation is 1. The minimum Gasteiger partial charge on any atom is -0.354 e. The Bertz CT molecular complexity index is 542. The fourth-order valence-electron chi connectivity index (χ4n) is 2.55. The third-order valence-electron chi connectivity index (χ3n) is 4.02. The van der Waals surface area contributed by atoms with Gasteiger partial charge in [0, 0.05) is 51.1 Å². The van der Waals surface area contributed by atoms with Gasteiger partial charge >= 0.3 is 0 Å². The number of piperazine rings is 1. The van der Waals surface area contributed by atoms with Crippen molar-refractivity contribution < 1.29 is 9.59 Å². The molecular weight excluding hydrogens is 310 g/mol. The highest BCUT2D eigenvalue weighted by Crippen LogP contribution is 2.21. The van der Waals surface area contributed by atoms with E-state index in [1.54, 1.807) is 18.7 Å². The number of hydrogen-bond acceptors (Lipinski definition) is 4. The van der Waals surface area contributed by atoms with Gasteiger partial charge < -0.3 is 10.2 Å². The Labute approximate surface area is 142 Å². The van der Waals surface area contributed by atoms with Crippen molar-refractivity contribution in [2.24, 2.45) is 0 Å². The van der Waals surface area contributed by atoms with Crippen LogP contribution in [0.15, 0.2) is 29.2 Å². The predicted octanol–water partition coefficient (Wildman–Crippen LogP) is 1.37. The number of hydrogen-bond donors (Lipinski definition) is 1. The molecule has 5 nitrogen and oxygen atoms in total. The maximum atomic E-state index is 11.9. The van der Waals surface area contributed by atoms with Crippen molar-refractivity contribution in [2.45, 2.75) is 18.7 Å². The van der Waals surface area contributed by atoms with Gasteiger partial charge in [-0.1, -0.05) is 18.2 Å². The van der Waals surface area contributed by atoms with Crippen molar-refractivity contribution in [3.05, 3.63) is 29.8 Å². The number of thioether (sulfide) groups is 1. The Morgan fingerprint density at radius 2 is 1.87 bits per heavy atom. The summed E-state index contributed by atoms with van der Waals surface area (Å²) in [6, 6.07) is 8.10. The maximum Gasteiger partial charge on any atom is 0.230 e. The van der Waals surface area contributed by atoms with Crippen LogP contribution in [-0.4, -0.2) is 66.6 Å². The first-order valence-electron chi connectivity index (χ1n) is 7.99. The smallest absolute Gasteiger partial charge is 0.230 e. The molecule has 1 heterocycles. The monoisotopic (exact) mass is 335 g/mol. The van der Waals surface area contributed by atoms with E-state index < -0.39 is 0 Å². The third-order valence-corrected chi connectivity index (χ3v) is 5.20. The van der Waals surface area contributed by atoms with Crippen molar-refractivity contribution in [3.63, 3.8) is 0 Å². The van der Waals surface area contributed by atoms with Crippen molar-refractivity contribution in [3.8, 4) is 0 Å². The van der Waals surface area contributed by atoms with Crippen molar-refractivity contribution >= 4 is 23.6 Å². The quantitative estimate of drug-likeness (QED) is 0.798. The van der Waals surface area contributed by atoms with E-state index in [1.165, 1.54) is 5.56 Å². The van der Waals surface area contributed by atoms with Crippen LogP contribution in [0.4, 0.5) is 0 Å². The highest BCUT2D eigenvalue weighted by molar-refractivity contribution is 8.00. The molecule has 1 N–H and O–H groups in total. The van der Waals surface area contributed by atoms with Crippen molar-refractivity contribution in [1.82, 2.24) is 15.1 Å². The largest absolute Gasteiger partial charge is 0.354 e. The van der Waals surface area contributed by atoms with E-state index in [-0.39, 0.29) is 11.8 Å². The van der Waals surface area contributed by atoms with Gasteiger partial charge in [0.1, 0.15) is 0 Å². The molecule has 0 unspecified atom stereocenters. The van der Waals surface area contributed by atoms with Gasteiger partial charge in [-0.05, 0) is 18.6 Å². The van der Waals surface area contributed by atoms with Gasteiger partial charge in [-0.3, -0.25) is 14.5 Å². The van der Waals surface area contributed by atoms with E-state index in [1.807, 2.05) is 23.1 Å². The summed E-state index contributed by atoms with van der Waals surface area (Å²) in [7, 11) is 0. The highest BCUT2D eigenvalue weighted by Gasteiger charge is 2.18. The summed E-state index contributed by atoms with van der Waals surface area (Å²) in [5, 5.41) is 2.97. The van der Waals surface area contributed by atoms with E-state index in [2.05, 4.69) is 23.2 Å². The lowest BCUT2D eigenvalue weighted by Gasteiger charge is -2.34. The van der Waals surface area contributed by atoms with Crippen LogP contribution in [0.25, 0.3) is 0 Å². The number of carbonyl (C=O) groups is 2. The minimum atomic E-state index is 0.0700. The lowest BCUT2D eigenvalue weighted by Crippen LogP contribution is -2.49. The van der Waals surface area contributed by atoms with Crippen molar-refractivity contribution in [1.29, 1.82) is 0 Å². The molecule has 2 amide bonds. The van der Waals surface area contributed by atoms with Crippen molar-refractivity contribution in [2.75, 3.05) is 45.0 Å². The van der Waals surface area contributed by atoms with E-state index in [0.717, 1.165) is 37.6 Å². The molecule has 1 aromatic rings. The summed E-state index contributed by atoms with van der Waals surface area (Å²) >= 11 is 1.57. The molecule has 1 aliphatic rings.